The van der Waals surface area contributed by atoms with Crippen LogP contribution in [0, 0.1) is 0 Å². The number of para-hydroxylation sites is 2. The molecule has 9 aromatic rings. The molecular formula is C41H26N2O2. The van der Waals surface area contributed by atoms with Gasteiger partial charge >= 0.3 is 0 Å². The van der Waals surface area contributed by atoms with Crippen LogP contribution in [0.25, 0.3) is 66.4 Å². The summed E-state index contributed by atoms with van der Waals surface area (Å²) >= 11 is 0. The van der Waals surface area contributed by atoms with Crippen LogP contribution in [0.5, 0.6) is 0 Å². The van der Waals surface area contributed by atoms with Crippen molar-refractivity contribution in [3.8, 4) is 22.6 Å². The molecule has 0 N–H and O–H groups in total. The van der Waals surface area contributed by atoms with Gasteiger partial charge in [-0.15, -0.1) is 0 Å². The summed E-state index contributed by atoms with van der Waals surface area (Å²) in [6.07, 6.45) is 0. The van der Waals surface area contributed by atoms with Gasteiger partial charge in [-0.25, -0.2) is 4.98 Å². The maximum Gasteiger partial charge on any atom is 0.227 e. The van der Waals surface area contributed by atoms with Crippen LogP contribution in [0.3, 0.4) is 0 Å². The van der Waals surface area contributed by atoms with Gasteiger partial charge in [0.05, 0.1) is 5.69 Å². The molecule has 0 amide bonds. The first kappa shape index (κ1) is 25.4. The molecule has 9 rings (SSSR count). The molecule has 0 bridgehead atoms. The van der Waals surface area contributed by atoms with Crippen LogP contribution in [-0.4, -0.2) is 4.98 Å². The van der Waals surface area contributed by atoms with Crippen molar-refractivity contribution in [1.82, 2.24) is 4.98 Å². The Morgan fingerprint density at radius 3 is 1.98 bits per heavy atom. The van der Waals surface area contributed by atoms with E-state index in [9.17, 15) is 0 Å². The molecule has 0 saturated carbocycles. The fourth-order valence-electron chi connectivity index (χ4n) is 6.35. The summed E-state index contributed by atoms with van der Waals surface area (Å²) in [5, 5.41) is 4.34. The molecule has 212 valence electrons. The highest BCUT2D eigenvalue weighted by molar-refractivity contribution is 6.08. The highest BCUT2D eigenvalue weighted by Crippen LogP contribution is 2.44. The first-order valence-corrected chi connectivity index (χ1v) is 15.0. The van der Waals surface area contributed by atoms with E-state index in [1.54, 1.807) is 0 Å². The number of oxazole rings is 1. The lowest BCUT2D eigenvalue weighted by Crippen LogP contribution is -2.11. The third-order valence-corrected chi connectivity index (χ3v) is 8.49. The molecule has 0 atom stereocenters. The highest BCUT2D eigenvalue weighted by atomic mass is 16.3. The van der Waals surface area contributed by atoms with Crippen molar-refractivity contribution in [1.29, 1.82) is 0 Å². The number of aromatic nitrogens is 1. The van der Waals surface area contributed by atoms with Crippen molar-refractivity contribution in [2.24, 2.45) is 0 Å². The minimum Gasteiger partial charge on any atom is -0.456 e. The summed E-state index contributed by atoms with van der Waals surface area (Å²) in [6, 6.07) is 54.5. The zero-order chi connectivity index (χ0) is 29.7. The number of nitrogens with zero attached hydrogens (tertiary/aromatic N) is 2. The van der Waals surface area contributed by atoms with Crippen LogP contribution < -0.4 is 4.90 Å². The Kier molecular flexibility index (Phi) is 5.78. The van der Waals surface area contributed by atoms with E-state index >= 15 is 0 Å². The van der Waals surface area contributed by atoms with Gasteiger partial charge in [-0.05, 0) is 65.5 Å². The molecule has 0 aliphatic heterocycles. The van der Waals surface area contributed by atoms with Crippen molar-refractivity contribution in [2.75, 3.05) is 4.90 Å². The third-order valence-electron chi connectivity index (χ3n) is 8.49. The second-order valence-corrected chi connectivity index (χ2v) is 11.2. The van der Waals surface area contributed by atoms with Crippen LogP contribution in [-0.2, 0) is 0 Å². The Morgan fingerprint density at radius 2 is 1.11 bits per heavy atom. The molecule has 0 spiro atoms. The van der Waals surface area contributed by atoms with E-state index in [1.165, 1.54) is 0 Å². The summed E-state index contributed by atoms with van der Waals surface area (Å²) in [4.78, 5) is 7.30. The van der Waals surface area contributed by atoms with Crippen molar-refractivity contribution in [2.45, 2.75) is 0 Å². The van der Waals surface area contributed by atoms with Gasteiger partial charge in [-0.3, -0.25) is 0 Å². The topological polar surface area (TPSA) is 42.4 Å². The van der Waals surface area contributed by atoms with E-state index in [0.29, 0.717) is 5.89 Å². The Bertz CT molecular complexity index is 2490. The molecule has 0 fully saturated rings. The van der Waals surface area contributed by atoms with Gasteiger partial charge in [-0.2, -0.15) is 0 Å². The summed E-state index contributed by atoms with van der Waals surface area (Å²) in [6.45, 7) is 0. The predicted molar refractivity (Wildman–Crippen MR) is 184 cm³/mol. The molecule has 0 saturated heterocycles. The van der Waals surface area contributed by atoms with Crippen LogP contribution in [0.2, 0.25) is 0 Å². The van der Waals surface area contributed by atoms with Crippen molar-refractivity contribution in [3.63, 3.8) is 0 Å². The van der Waals surface area contributed by atoms with E-state index in [2.05, 4.69) is 114 Å². The maximum atomic E-state index is 6.35. The van der Waals surface area contributed by atoms with Crippen LogP contribution in [0.1, 0.15) is 0 Å². The molecular weight excluding hydrogens is 552 g/mol. The minimum atomic E-state index is 0.616. The average Bonchev–Trinajstić information content (AvgIpc) is 3.71. The number of benzene rings is 7. The Labute approximate surface area is 259 Å². The van der Waals surface area contributed by atoms with E-state index in [0.717, 1.165) is 77.6 Å². The first-order valence-electron chi connectivity index (χ1n) is 15.0. The summed E-state index contributed by atoms with van der Waals surface area (Å²) in [5.74, 6) is 0.616. The second kappa shape index (κ2) is 10.2. The summed E-state index contributed by atoms with van der Waals surface area (Å²) in [5.41, 5.74) is 9.66. The molecule has 45 heavy (non-hydrogen) atoms. The van der Waals surface area contributed by atoms with Crippen molar-refractivity contribution >= 4 is 60.9 Å². The molecule has 0 unspecified atom stereocenters. The van der Waals surface area contributed by atoms with E-state index < -0.39 is 0 Å². The lowest BCUT2D eigenvalue weighted by molar-refractivity contribution is 0.620. The normalized spacial score (nSPS) is 11.6. The SMILES string of the molecule is c1ccc(-c2nc3c(ccc4ccc(N(c5ccc6c(c5)oc5ccccc56)c5ccccc5-c5ccccc5)cc43)o2)cc1. The third kappa shape index (κ3) is 4.27. The van der Waals surface area contributed by atoms with Gasteiger partial charge in [-0.1, -0.05) is 97.1 Å². The Balaban J connectivity index is 1.28. The van der Waals surface area contributed by atoms with Crippen LogP contribution in [0.4, 0.5) is 17.1 Å². The van der Waals surface area contributed by atoms with Crippen LogP contribution >= 0.6 is 0 Å². The van der Waals surface area contributed by atoms with Crippen LogP contribution in [0.15, 0.2) is 167 Å². The molecule has 7 aromatic carbocycles. The smallest absolute Gasteiger partial charge is 0.227 e. The van der Waals surface area contributed by atoms with Gasteiger partial charge in [0, 0.05) is 44.7 Å². The number of furan rings is 1. The lowest BCUT2D eigenvalue weighted by Gasteiger charge is -2.28. The molecule has 0 aliphatic carbocycles. The Hall–Kier alpha value is -6.13. The number of anilines is 3. The molecule has 2 heterocycles. The number of hydrogen-bond acceptors (Lipinski definition) is 4. The van der Waals surface area contributed by atoms with Gasteiger partial charge in [0.15, 0.2) is 5.58 Å². The van der Waals surface area contributed by atoms with Crippen molar-refractivity contribution in [3.05, 3.63) is 158 Å². The van der Waals surface area contributed by atoms with Gasteiger partial charge in [0.1, 0.15) is 16.7 Å². The lowest BCUT2D eigenvalue weighted by atomic mass is 10.0. The van der Waals surface area contributed by atoms with Gasteiger partial charge in [0.25, 0.3) is 0 Å². The standard InChI is InChI=1S/C41H26N2O2/c1-3-11-27(12-4-1)32-15-7-9-17-36(32)43(31-22-23-34-33-16-8-10-18-37(33)44-39(34)26-31)30-21-19-28-20-24-38-40(35(28)25-30)42-41(45-38)29-13-5-2-6-14-29/h1-26H. The maximum absolute atomic E-state index is 6.35. The molecule has 2 aromatic heterocycles. The van der Waals surface area contributed by atoms with Crippen molar-refractivity contribution < 1.29 is 8.83 Å². The zero-order valence-corrected chi connectivity index (χ0v) is 24.2. The van der Waals surface area contributed by atoms with Gasteiger partial charge < -0.3 is 13.7 Å². The molecule has 0 aliphatic rings. The highest BCUT2D eigenvalue weighted by Gasteiger charge is 2.20. The minimum absolute atomic E-state index is 0.616. The fraction of sp³-hybridized carbons (Fsp3) is 0. The molecule has 4 heteroatoms. The quantitative estimate of drug-likeness (QED) is 0.204. The predicted octanol–water partition coefficient (Wildman–Crippen LogP) is 11.7. The zero-order valence-electron chi connectivity index (χ0n) is 24.2. The summed E-state index contributed by atoms with van der Waals surface area (Å²) in [7, 11) is 0. The monoisotopic (exact) mass is 578 g/mol. The average molecular weight is 579 g/mol. The summed E-state index contributed by atoms with van der Waals surface area (Å²) < 4.78 is 12.6. The number of fused-ring (bicyclic) bond motifs is 6. The van der Waals surface area contributed by atoms with E-state index in [1.807, 2.05) is 48.5 Å². The first-order chi connectivity index (χ1) is 22.3. The Morgan fingerprint density at radius 1 is 0.444 bits per heavy atom. The number of rotatable bonds is 5. The fourth-order valence-corrected chi connectivity index (χ4v) is 6.35. The van der Waals surface area contributed by atoms with E-state index in [4.69, 9.17) is 13.8 Å². The van der Waals surface area contributed by atoms with E-state index in [-0.39, 0.29) is 0 Å². The van der Waals surface area contributed by atoms with Gasteiger partial charge in [0.2, 0.25) is 5.89 Å². The second-order valence-electron chi connectivity index (χ2n) is 11.2. The largest absolute Gasteiger partial charge is 0.456 e. The molecule has 0 radical (unpaired) electrons. The number of hydrogen-bond donors (Lipinski definition) is 0. The molecule has 4 nitrogen and oxygen atoms in total.